The first-order valence-corrected chi connectivity index (χ1v) is 5.35. The topological polar surface area (TPSA) is 92.4 Å². The number of carboxylic acids is 1. The van der Waals surface area contributed by atoms with Gasteiger partial charge < -0.3 is 16.2 Å². The fraction of sp³-hybridized carbons (Fsp3) is 0.800. The molecule has 5 heteroatoms. The Bertz CT molecular complexity index is 195. The van der Waals surface area contributed by atoms with Crippen molar-refractivity contribution in [1.82, 2.24) is 5.32 Å². The third-order valence-electron chi connectivity index (χ3n) is 2.00. The molecule has 0 saturated carbocycles. The SMILES string of the molecule is NCCCCCNC(=O)CCCC(=O)O. The first-order valence-electron chi connectivity index (χ1n) is 5.35. The molecule has 88 valence electrons. The molecule has 0 bridgehead atoms. The van der Waals surface area contributed by atoms with Gasteiger partial charge in [0.05, 0.1) is 0 Å². The lowest BCUT2D eigenvalue weighted by Gasteiger charge is -2.03. The molecule has 0 aromatic carbocycles. The van der Waals surface area contributed by atoms with Crippen LogP contribution >= 0.6 is 0 Å². The van der Waals surface area contributed by atoms with E-state index >= 15 is 0 Å². The summed E-state index contributed by atoms with van der Waals surface area (Å²) in [5.74, 6) is -0.922. The largest absolute Gasteiger partial charge is 0.481 e. The zero-order valence-electron chi connectivity index (χ0n) is 9.00. The van der Waals surface area contributed by atoms with Crippen molar-refractivity contribution in [3.63, 3.8) is 0 Å². The zero-order chi connectivity index (χ0) is 11.5. The number of nitrogens with one attached hydrogen (secondary N) is 1. The van der Waals surface area contributed by atoms with Crippen molar-refractivity contribution in [3.05, 3.63) is 0 Å². The number of aliphatic carboxylic acids is 1. The van der Waals surface area contributed by atoms with E-state index in [1.807, 2.05) is 0 Å². The smallest absolute Gasteiger partial charge is 0.303 e. The van der Waals surface area contributed by atoms with Gasteiger partial charge in [0.2, 0.25) is 5.91 Å². The monoisotopic (exact) mass is 216 g/mol. The lowest BCUT2D eigenvalue weighted by Crippen LogP contribution is -2.24. The molecule has 5 nitrogen and oxygen atoms in total. The van der Waals surface area contributed by atoms with E-state index in [0.717, 1.165) is 19.3 Å². The highest BCUT2D eigenvalue weighted by molar-refractivity contribution is 5.76. The maximum atomic E-state index is 11.1. The molecule has 0 aromatic rings. The summed E-state index contributed by atoms with van der Waals surface area (Å²) in [5, 5.41) is 11.1. The number of nitrogens with two attached hydrogens (primary N) is 1. The van der Waals surface area contributed by atoms with Crippen LogP contribution in [0.15, 0.2) is 0 Å². The molecule has 0 fully saturated rings. The van der Waals surface area contributed by atoms with Crippen LogP contribution in [0, 0.1) is 0 Å². The second-order valence-electron chi connectivity index (χ2n) is 3.45. The molecule has 0 saturated heterocycles. The molecule has 4 N–H and O–H groups in total. The van der Waals surface area contributed by atoms with Crippen LogP contribution in [0.25, 0.3) is 0 Å². The minimum Gasteiger partial charge on any atom is -0.481 e. The van der Waals surface area contributed by atoms with E-state index in [-0.39, 0.29) is 12.3 Å². The molecule has 0 radical (unpaired) electrons. The van der Waals surface area contributed by atoms with E-state index in [2.05, 4.69) is 5.32 Å². The fourth-order valence-corrected chi connectivity index (χ4v) is 1.16. The minimum atomic E-state index is -0.856. The Morgan fingerprint density at radius 3 is 2.40 bits per heavy atom. The number of carboxylic acid groups (broad SMARTS) is 1. The summed E-state index contributed by atoms with van der Waals surface area (Å²) in [4.78, 5) is 21.3. The molecule has 0 aliphatic carbocycles. The number of amides is 1. The fourth-order valence-electron chi connectivity index (χ4n) is 1.16. The van der Waals surface area contributed by atoms with Gasteiger partial charge in [-0.05, 0) is 25.8 Å². The number of unbranched alkanes of at least 4 members (excludes halogenated alkanes) is 2. The van der Waals surface area contributed by atoms with Gasteiger partial charge in [0, 0.05) is 19.4 Å². The van der Waals surface area contributed by atoms with Crippen molar-refractivity contribution in [3.8, 4) is 0 Å². The molecule has 0 aliphatic heterocycles. The number of carbonyl (C=O) groups is 2. The molecule has 15 heavy (non-hydrogen) atoms. The lowest BCUT2D eigenvalue weighted by atomic mass is 10.2. The van der Waals surface area contributed by atoms with Crippen LogP contribution in [0.2, 0.25) is 0 Å². The number of rotatable bonds is 9. The van der Waals surface area contributed by atoms with E-state index in [1.165, 1.54) is 0 Å². The molecule has 0 rings (SSSR count). The highest BCUT2D eigenvalue weighted by Crippen LogP contribution is 1.96. The third-order valence-corrected chi connectivity index (χ3v) is 2.00. The van der Waals surface area contributed by atoms with Gasteiger partial charge >= 0.3 is 5.97 Å². The van der Waals surface area contributed by atoms with E-state index in [1.54, 1.807) is 0 Å². The predicted octanol–water partition coefficient (Wildman–Crippen LogP) is 0.486. The molecule has 0 heterocycles. The van der Waals surface area contributed by atoms with Gasteiger partial charge in [-0.3, -0.25) is 9.59 Å². The molecule has 0 atom stereocenters. The Balaban J connectivity index is 3.22. The lowest BCUT2D eigenvalue weighted by molar-refractivity contribution is -0.137. The normalized spacial score (nSPS) is 9.93. The Labute approximate surface area is 90.0 Å². The summed E-state index contributed by atoms with van der Waals surface area (Å²) in [6, 6.07) is 0. The Hall–Kier alpha value is -1.10. The third kappa shape index (κ3) is 10.8. The Kier molecular flexibility index (Phi) is 8.76. The van der Waals surface area contributed by atoms with Crippen LogP contribution in [-0.4, -0.2) is 30.1 Å². The summed E-state index contributed by atoms with van der Waals surface area (Å²) < 4.78 is 0. The van der Waals surface area contributed by atoms with E-state index in [0.29, 0.717) is 25.9 Å². The number of hydrogen-bond acceptors (Lipinski definition) is 3. The van der Waals surface area contributed by atoms with E-state index in [9.17, 15) is 9.59 Å². The molecular formula is C10H20N2O3. The van der Waals surface area contributed by atoms with Crippen LogP contribution in [0.3, 0.4) is 0 Å². The minimum absolute atomic E-state index is 0.0561. The van der Waals surface area contributed by atoms with Gasteiger partial charge in [-0.2, -0.15) is 0 Å². The van der Waals surface area contributed by atoms with Gasteiger partial charge in [-0.1, -0.05) is 6.42 Å². The van der Waals surface area contributed by atoms with E-state index < -0.39 is 5.97 Å². The van der Waals surface area contributed by atoms with Gasteiger partial charge in [0.25, 0.3) is 0 Å². The Morgan fingerprint density at radius 2 is 1.80 bits per heavy atom. The average molecular weight is 216 g/mol. The first-order chi connectivity index (χ1) is 7.16. The van der Waals surface area contributed by atoms with Crippen LogP contribution in [0.5, 0.6) is 0 Å². The summed E-state index contributed by atoms with van der Waals surface area (Å²) in [6.45, 7) is 1.35. The van der Waals surface area contributed by atoms with Crippen molar-refractivity contribution in [2.24, 2.45) is 5.73 Å². The Morgan fingerprint density at radius 1 is 1.07 bits per heavy atom. The number of hydrogen-bond donors (Lipinski definition) is 3. The maximum Gasteiger partial charge on any atom is 0.303 e. The summed E-state index contributed by atoms with van der Waals surface area (Å²) >= 11 is 0. The molecule has 1 amide bonds. The number of carbonyl (C=O) groups excluding carboxylic acids is 1. The van der Waals surface area contributed by atoms with Crippen molar-refractivity contribution in [1.29, 1.82) is 0 Å². The van der Waals surface area contributed by atoms with Crippen LogP contribution in [0.4, 0.5) is 0 Å². The molecule has 0 spiro atoms. The van der Waals surface area contributed by atoms with Gasteiger partial charge in [-0.25, -0.2) is 0 Å². The molecular weight excluding hydrogens is 196 g/mol. The summed E-state index contributed by atoms with van der Waals surface area (Å²) in [5.41, 5.74) is 5.32. The highest BCUT2D eigenvalue weighted by Gasteiger charge is 2.02. The van der Waals surface area contributed by atoms with Crippen molar-refractivity contribution >= 4 is 11.9 Å². The van der Waals surface area contributed by atoms with E-state index in [4.69, 9.17) is 10.8 Å². The maximum absolute atomic E-state index is 11.1. The van der Waals surface area contributed by atoms with Crippen LogP contribution in [0.1, 0.15) is 38.5 Å². The average Bonchev–Trinajstić information content (AvgIpc) is 2.17. The van der Waals surface area contributed by atoms with Gasteiger partial charge in [0.1, 0.15) is 0 Å². The summed E-state index contributed by atoms with van der Waals surface area (Å²) in [7, 11) is 0. The van der Waals surface area contributed by atoms with Gasteiger partial charge in [-0.15, -0.1) is 0 Å². The van der Waals surface area contributed by atoms with Crippen molar-refractivity contribution in [2.75, 3.05) is 13.1 Å². The van der Waals surface area contributed by atoms with Crippen molar-refractivity contribution < 1.29 is 14.7 Å². The highest BCUT2D eigenvalue weighted by atomic mass is 16.4. The van der Waals surface area contributed by atoms with Crippen LogP contribution in [-0.2, 0) is 9.59 Å². The van der Waals surface area contributed by atoms with Crippen LogP contribution < -0.4 is 11.1 Å². The molecule has 0 unspecified atom stereocenters. The van der Waals surface area contributed by atoms with Crippen molar-refractivity contribution in [2.45, 2.75) is 38.5 Å². The quantitative estimate of drug-likeness (QED) is 0.489. The molecule has 0 aliphatic rings. The summed E-state index contributed by atoms with van der Waals surface area (Å²) in [6.07, 6.45) is 3.69. The molecule has 0 aromatic heterocycles. The second-order valence-corrected chi connectivity index (χ2v) is 3.45. The predicted molar refractivity (Wildman–Crippen MR) is 57.4 cm³/mol. The second kappa shape index (κ2) is 9.45. The first kappa shape index (κ1) is 13.9. The van der Waals surface area contributed by atoms with Gasteiger partial charge in [0.15, 0.2) is 0 Å². The zero-order valence-corrected chi connectivity index (χ0v) is 9.00. The standard InChI is InChI=1S/C10H20N2O3/c11-7-2-1-3-8-12-9(13)5-4-6-10(14)15/h1-8,11H2,(H,12,13)(H,14,15).